The highest BCUT2D eigenvalue weighted by Gasteiger charge is 2.26. The number of nitrogens with two attached hydrogens (primary N) is 1. The van der Waals surface area contributed by atoms with Crippen LogP contribution in [0.2, 0.25) is 0 Å². The Hall–Kier alpha value is -1.62. The molecule has 1 fully saturated rings. The molecule has 1 saturated heterocycles. The van der Waals surface area contributed by atoms with Crippen LogP contribution < -0.4 is 5.73 Å². The minimum Gasteiger partial charge on any atom is -0.384 e. The number of likely N-dealkylation sites (N-methyl/N-ethyl adjacent to an activating group) is 1. The van der Waals surface area contributed by atoms with E-state index in [1.54, 1.807) is 18.2 Å². The number of anilines is 1. The quantitative estimate of drug-likeness (QED) is 0.842. The zero-order chi connectivity index (χ0) is 13.1. The molecular formula is C13H20N4O. The highest BCUT2D eigenvalue weighted by atomic mass is 16.2. The van der Waals surface area contributed by atoms with Crippen molar-refractivity contribution in [1.82, 2.24) is 14.8 Å². The number of pyridine rings is 1. The van der Waals surface area contributed by atoms with Gasteiger partial charge in [0.2, 0.25) is 0 Å². The topological polar surface area (TPSA) is 62.5 Å². The summed E-state index contributed by atoms with van der Waals surface area (Å²) < 4.78 is 0. The van der Waals surface area contributed by atoms with Crippen LogP contribution in [0.1, 0.15) is 23.3 Å². The van der Waals surface area contributed by atoms with Gasteiger partial charge in [0.15, 0.2) is 0 Å². The molecule has 0 spiro atoms. The summed E-state index contributed by atoms with van der Waals surface area (Å²) in [6.45, 7) is 1.57. The summed E-state index contributed by atoms with van der Waals surface area (Å²) in [5.74, 6) is 0.371. The lowest BCUT2D eigenvalue weighted by Crippen LogP contribution is -2.47. The average molecular weight is 248 g/mol. The molecule has 1 amide bonds. The molecule has 1 atom stereocenters. The van der Waals surface area contributed by atoms with E-state index >= 15 is 0 Å². The molecule has 1 aromatic rings. The van der Waals surface area contributed by atoms with Crippen LogP contribution in [-0.4, -0.2) is 53.9 Å². The minimum atomic E-state index is -0.0196. The standard InChI is InChI=1S/C13H20N4O/c1-16(2)10-5-4-8-17(9-10)13(18)11-6-3-7-12(14)15-11/h3,6-7,10H,4-5,8-9H2,1-2H3,(H2,14,15)/t10-/m1/s1. The lowest BCUT2D eigenvalue weighted by atomic mass is 10.0. The highest BCUT2D eigenvalue weighted by molar-refractivity contribution is 5.92. The van der Waals surface area contributed by atoms with Gasteiger partial charge in [-0.15, -0.1) is 0 Å². The summed E-state index contributed by atoms with van der Waals surface area (Å²) in [5.41, 5.74) is 6.05. The van der Waals surface area contributed by atoms with Crippen molar-refractivity contribution in [2.75, 3.05) is 32.9 Å². The Morgan fingerprint density at radius 2 is 2.28 bits per heavy atom. The van der Waals surface area contributed by atoms with Gasteiger partial charge in [0.05, 0.1) is 0 Å². The molecule has 5 nitrogen and oxygen atoms in total. The first kappa shape index (κ1) is 12.8. The molecule has 2 N–H and O–H groups in total. The molecule has 2 rings (SSSR count). The molecule has 0 bridgehead atoms. The van der Waals surface area contributed by atoms with Gasteiger partial charge in [-0.3, -0.25) is 4.79 Å². The fourth-order valence-corrected chi connectivity index (χ4v) is 2.29. The van der Waals surface area contributed by atoms with E-state index in [9.17, 15) is 4.79 Å². The Morgan fingerprint density at radius 3 is 2.94 bits per heavy atom. The van der Waals surface area contributed by atoms with Crippen molar-refractivity contribution in [3.8, 4) is 0 Å². The summed E-state index contributed by atoms with van der Waals surface area (Å²) in [6, 6.07) is 5.61. The van der Waals surface area contributed by atoms with E-state index in [2.05, 4.69) is 24.0 Å². The molecule has 1 aliphatic heterocycles. The van der Waals surface area contributed by atoms with Crippen molar-refractivity contribution >= 4 is 11.7 Å². The van der Waals surface area contributed by atoms with Crippen LogP contribution in [0.25, 0.3) is 0 Å². The van der Waals surface area contributed by atoms with Crippen molar-refractivity contribution in [2.24, 2.45) is 0 Å². The number of amides is 1. The van der Waals surface area contributed by atoms with E-state index in [1.165, 1.54) is 0 Å². The third-order valence-electron chi connectivity index (χ3n) is 3.40. The summed E-state index contributed by atoms with van der Waals surface area (Å²) in [5, 5.41) is 0. The molecule has 1 aliphatic rings. The molecule has 18 heavy (non-hydrogen) atoms. The first-order chi connectivity index (χ1) is 8.58. The second kappa shape index (κ2) is 5.35. The van der Waals surface area contributed by atoms with E-state index in [-0.39, 0.29) is 5.91 Å². The van der Waals surface area contributed by atoms with Crippen LogP contribution in [0.15, 0.2) is 18.2 Å². The van der Waals surface area contributed by atoms with Crippen LogP contribution in [0.3, 0.4) is 0 Å². The maximum atomic E-state index is 12.3. The SMILES string of the molecule is CN(C)[C@@H]1CCCN(C(=O)c2cccc(N)n2)C1. The summed E-state index contributed by atoms with van der Waals surface area (Å²) in [7, 11) is 4.11. The van der Waals surface area contributed by atoms with Crippen LogP contribution in [0, 0.1) is 0 Å². The second-order valence-electron chi connectivity index (χ2n) is 4.96. The van der Waals surface area contributed by atoms with E-state index < -0.39 is 0 Å². The van der Waals surface area contributed by atoms with Crippen molar-refractivity contribution in [2.45, 2.75) is 18.9 Å². The molecule has 0 saturated carbocycles. The largest absolute Gasteiger partial charge is 0.384 e. The Kier molecular flexibility index (Phi) is 3.81. The van der Waals surface area contributed by atoms with Gasteiger partial charge in [0.1, 0.15) is 11.5 Å². The summed E-state index contributed by atoms with van der Waals surface area (Å²) in [4.78, 5) is 20.4. The van der Waals surface area contributed by atoms with E-state index in [1.807, 2.05) is 4.90 Å². The molecule has 2 heterocycles. The molecule has 1 aromatic heterocycles. The number of nitrogen functional groups attached to an aromatic ring is 1. The molecular weight excluding hydrogens is 228 g/mol. The van der Waals surface area contributed by atoms with Gasteiger partial charge in [0.25, 0.3) is 5.91 Å². The second-order valence-corrected chi connectivity index (χ2v) is 4.96. The smallest absolute Gasteiger partial charge is 0.272 e. The Balaban J connectivity index is 2.09. The molecule has 0 unspecified atom stereocenters. The van der Waals surface area contributed by atoms with Crippen molar-refractivity contribution in [3.63, 3.8) is 0 Å². The van der Waals surface area contributed by atoms with Crippen molar-refractivity contribution < 1.29 is 4.79 Å². The normalized spacial score (nSPS) is 20.2. The molecule has 0 radical (unpaired) electrons. The Morgan fingerprint density at radius 1 is 1.50 bits per heavy atom. The van der Waals surface area contributed by atoms with Gasteiger partial charge in [-0.05, 0) is 39.1 Å². The number of likely N-dealkylation sites (tertiary alicyclic amines) is 1. The number of aromatic nitrogens is 1. The number of hydrogen-bond acceptors (Lipinski definition) is 4. The van der Waals surface area contributed by atoms with Gasteiger partial charge in [-0.25, -0.2) is 4.98 Å². The van der Waals surface area contributed by atoms with Crippen LogP contribution >= 0.6 is 0 Å². The maximum Gasteiger partial charge on any atom is 0.272 e. The lowest BCUT2D eigenvalue weighted by molar-refractivity contribution is 0.0629. The fraction of sp³-hybridized carbons (Fsp3) is 0.538. The summed E-state index contributed by atoms with van der Waals surface area (Å²) in [6.07, 6.45) is 2.18. The summed E-state index contributed by atoms with van der Waals surface area (Å²) >= 11 is 0. The maximum absolute atomic E-state index is 12.3. The fourth-order valence-electron chi connectivity index (χ4n) is 2.29. The van der Waals surface area contributed by atoms with Gasteiger partial charge < -0.3 is 15.5 Å². The minimum absolute atomic E-state index is 0.0196. The van der Waals surface area contributed by atoms with Gasteiger partial charge in [-0.1, -0.05) is 6.07 Å². The van der Waals surface area contributed by atoms with Crippen molar-refractivity contribution in [3.05, 3.63) is 23.9 Å². The first-order valence-electron chi connectivity index (χ1n) is 6.26. The van der Waals surface area contributed by atoms with Gasteiger partial charge in [-0.2, -0.15) is 0 Å². The van der Waals surface area contributed by atoms with E-state index in [0.29, 0.717) is 17.6 Å². The number of nitrogens with zero attached hydrogens (tertiary/aromatic N) is 3. The van der Waals surface area contributed by atoms with Crippen molar-refractivity contribution in [1.29, 1.82) is 0 Å². The van der Waals surface area contributed by atoms with E-state index in [4.69, 9.17) is 5.73 Å². The lowest BCUT2D eigenvalue weighted by Gasteiger charge is -2.35. The molecule has 5 heteroatoms. The first-order valence-corrected chi connectivity index (χ1v) is 6.26. The highest BCUT2D eigenvalue weighted by Crippen LogP contribution is 2.16. The van der Waals surface area contributed by atoms with Crippen LogP contribution in [0.5, 0.6) is 0 Å². The zero-order valence-electron chi connectivity index (χ0n) is 11.0. The van der Waals surface area contributed by atoms with Gasteiger partial charge >= 0.3 is 0 Å². The molecule has 0 aliphatic carbocycles. The number of rotatable bonds is 2. The number of carbonyl (C=O) groups is 1. The van der Waals surface area contributed by atoms with Crippen LogP contribution in [0.4, 0.5) is 5.82 Å². The Bertz CT molecular complexity index is 433. The molecule has 98 valence electrons. The molecule has 0 aromatic carbocycles. The number of piperidine rings is 1. The Labute approximate surface area is 108 Å². The monoisotopic (exact) mass is 248 g/mol. The predicted octanol–water partition coefficient (Wildman–Crippen LogP) is 0.830. The van der Waals surface area contributed by atoms with Crippen LogP contribution in [-0.2, 0) is 0 Å². The van der Waals surface area contributed by atoms with E-state index in [0.717, 1.165) is 25.9 Å². The number of hydrogen-bond donors (Lipinski definition) is 1. The van der Waals surface area contributed by atoms with Gasteiger partial charge in [0, 0.05) is 19.1 Å². The zero-order valence-corrected chi connectivity index (χ0v) is 11.0. The third kappa shape index (κ3) is 2.79. The number of carbonyl (C=O) groups excluding carboxylic acids is 1. The average Bonchev–Trinajstić information content (AvgIpc) is 2.38. The predicted molar refractivity (Wildman–Crippen MR) is 71.3 cm³/mol. The third-order valence-corrected chi connectivity index (χ3v) is 3.40.